The zero-order chi connectivity index (χ0) is 9.35. The Bertz CT molecular complexity index is 186. The Morgan fingerprint density at radius 3 is 2.58 bits per heavy atom. The Kier molecular flexibility index (Phi) is 2.45. The molecule has 2 atom stereocenters. The molecule has 2 nitrogen and oxygen atoms in total. The van der Waals surface area contributed by atoms with Crippen LogP contribution in [0.1, 0.15) is 40.5 Å². The Morgan fingerprint density at radius 2 is 2.00 bits per heavy atom. The van der Waals surface area contributed by atoms with E-state index in [9.17, 15) is 4.79 Å². The molecule has 1 amide bonds. The molecule has 0 aliphatic carbocycles. The number of hydrogen-bond acceptors (Lipinski definition) is 1. The van der Waals surface area contributed by atoms with Crippen molar-refractivity contribution in [2.45, 2.75) is 46.6 Å². The summed E-state index contributed by atoms with van der Waals surface area (Å²) in [5, 5.41) is 2.99. The summed E-state index contributed by atoms with van der Waals surface area (Å²) in [6.07, 6.45) is 1.76. The van der Waals surface area contributed by atoms with E-state index in [0.29, 0.717) is 18.4 Å². The van der Waals surface area contributed by atoms with Crippen LogP contribution in [0, 0.1) is 11.3 Å². The van der Waals surface area contributed by atoms with Crippen LogP contribution in [0.15, 0.2) is 0 Å². The van der Waals surface area contributed by atoms with Gasteiger partial charge in [-0.15, -0.1) is 0 Å². The first-order valence-electron chi connectivity index (χ1n) is 4.71. The third-order valence-electron chi connectivity index (χ3n) is 3.06. The second-order valence-corrected chi connectivity index (χ2v) is 4.77. The van der Waals surface area contributed by atoms with Gasteiger partial charge in [-0.25, -0.2) is 0 Å². The van der Waals surface area contributed by atoms with Gasteiger partial charge in [0.2, 0.25) is 5.91 Å². The second-order valence-electron chi connectivity index (χ2n) is 4.77. The van der Waals surface area contributed by atoms with E-state index in [-0.39, 0.29) is 11.3 Å². The Labute approximate surface area is 74.7 Å². The van der Waals surface area contributed by atoms with Gasteiger partial charge in [0.05, 0.1) is 0 Å². The van der Waals surface area contributed by atoms with Gasteiger partial charge in [0.1, 0.15) is 0 Å². The van der Waals surface area contributed by atoms with Crippen LogP contribution in [0.25, 0.3) is 0 Å². The smallest absolute Gasteiger partial charge is 0.220 e. The maximum Gasteiger partial charge on any atom is 0.220 e. The van der Waals surface area contributed by atoms with Crippen LogP contribution in [-0.2, 0) is 4.79 Å². The van der Waals surface area contributed by atoms with Crippen LogP contribution in [0.5, 0.6) is 0 Å². The number of rotatable bonds is 0. The highest BCUT2D eigenvalue weighted by Gasteiger charge is 2.33. The average Bonchev–Trinajstić information content (AvgIpc) is 1.89. The van der Waals surface area contributed by atoms with E-state index in [2.05, 4.69) is 33.0 Å². The molecule has 1 fully saturated rings. The summed E-state index contributed by atoms with van der Waals surface area (Å²) in [5.41, 5.74) is 0.162. The number of amides is 1. The highest BCUT2D eigenvalue weighted by atomic mass is 16.1. The fraction of sp³-hybridized carbons (Fsp3) is 0.900. The highest BCUT2D eigenvalue weighted by molar-refractivity contribution is 5.77. The normalized spacial score (nSPS) is 35.5. The third kappa shape index (κ3) is 1.99. The second kappa shape index (κ2) is 3.08. The molecule has 0 radical (unpaired) electrons. The molecule has 1 rings (SSSR count). The van der Waals surface area contributed by atoms with Gasteiger partial charge in [-0.3, -0.25) is 4.79 Å². The third-order valence-corrected chi connectivity index (χ3v) is 3.06. The summed E-state index contributed by atoms with van der Waals surface area (Å²) in [5.74, 6) is 0.823. The molecule has 1 heterocycles. The van der Waals surface area contributed by atoms with Crippen molar-refractivity contribution < 1.29 is 4.79 Å². The number of carbonyl (C=O) groups is 1. The largest absolute Gasteiger partial charge is 0.354 e. The first kappa shape index (κ1) is 9.56. The lowest BCUT2D eigenvalue weighted by molar-refractivity contribution is -0.123. The summed E-state index contributed by atoms with van der Waals surface area (Å²) in [4.78, 5) is 11.3. The van der Waals surface area contributed by atoms with Crippen LogP contribution < -0.4 is 5.32 Å². The average molecular weight is 169 g/mol. The Hall–Kier alpha value is -0.530. The summed E-state index contributed by atoms with van der Waals surface area (Å²) < 4.78 is 0. The van der Waals surface area contributed by atoms with Crippen LogP contribution in [0.4, 0.5) is 0 Å². The molecule has 1 saturated heterocycles. The molecule has 1 aliphatic rings. The van der Waals surface area contributed by atoms with Gasteiger partial charge < -0.3 is 5.32 Å². The quantitative estimate of drug-likeness (QED) is 0.590. The number of nitrogens with one attached hydrogen (secondary N) is 1. The minimum Gasteiger partial charge on any atom is -0.354 e. The van der Waals surface area contributed by atoms with Crippen LogP contribution in [0.3, 0.4) is 0 Å². The lowest BCUT2D eigenvalue weighted by atomic mass is 9.76. The van der Waals surface area contributed by atoms with Gasteiger partial charge in [-0.2, -0.15) is 0 Å². The first-order chi connectivity index (χ1) is 5.42. The zero-order valence-electron chi connectivity index (χ0n) is 8.48. The molecule has 0 unspecified atom stereocenters. The molecule has 1 N–H and O–H groups in total. The highest BCUT2D eigenvalue weighted by Crippen LogP contribution is 2.35. The van der Waals surface area contributed by atoms with Gasteiger partial charge >= 0.3 is 0 Å². The van der Waals surface area contributed by atoms with Gasteiger partial charge in [0.15, 0.2) is 0 Å². The van der Waals surface area contributed by atoms with E-state index in [1.54, 1.807) is 0 Å². The first-order valence-corrected chi connectivity index (χ1v) is 4.71. The molecule has 0 saturated carbocycles. The van der Waals surface area contributed by atoms with Crippen molar-refractivity contribution >= 4 is 5.91 Å². The van der Waals surface area contributed by atoms with Crippen molar-refractivity contribution in [3.63, 3.8) is 0 Å². The van der Waals surface area contributed by atoms with Crippen molar-refractivity contribution in [1.82, 2.24) is 5.32 Å². The monoisotopic (exact) mass is 169 g/mol. The molecule has 0 aromatic rings. The van der Waals surface area contributed by atoms with Crippen molar-refractivity contribution in [3.8, 4) is 0 Å². The fourth-order valence-corrected chi connectivity index (χ4v) is 1.82. The van der Waals surface area contributed by atoms with Crippen molar-refractivity contribution in [1.29, 1.82) is 0 Å². The standard InChI is InChI=1S/C10H19NO/c1-7-5-8(2)11-9(12)6-10(7,3)4/h7-8H,5-6H2,1-4H3,(H,11,12)/t7-,8+/m1/s1. The van der Waals surface area contributed by atoms with E-state index in [0.717, 1.165) is 6.42 Å². The minimum absolute atomic E-state index is 0.162. The predicted octanol–water partition coefficient (Wildman–Crippen LogP) is 1.95. The topological polar surface area (TPSA) is 29.1 Å². The van der Waals surface area contributed by atoms with Crippen LogP contribution >= 0.6 is 0 Å². The van der Waals surface area contributed by atoms with E-state index in [4.69, 9.17) is 0 Å². The summed E-state index contributed by atoms with van der Waals surface area (Å²) >= 11 is 0. The van der Waals surface area contributed by atoms with E-state index < -0.39 is 0 Å². The van der Waals surface area contributed by atoms with E-state index >= 15 is 0 Å². The number of carbonyl (C=O) groups excluding carboxylic acids is 1. The fourth-order valence-electron chi connectivity index (χ4n) is 1.82. The molecule has 0 aromatic carbocycles. The molecule has 12 heavy (non-hydrogen) atoms. The molecule has 0 aromatic heterocycles. The molecule has 0 spiro atoms. The summed E-state index contributed by atoms with van der Waals surface area (Å²) in [6.45, 7) is 8.66. The van der Waals surface area contributed by atoms with Gasteiger partial charge in [0.25, 0.3) is 0 Å². The maximum atomic E-state index is 11.3. The van der Waals surface area contributed by atoms with Gasteiger partial charge in [-0.05, 0) is 24.7 Å². The molecular weight excluding hydrogens is 150 g/mol. The van der Waals surface area contributed by atoms with Gasteiger partial charge in [-0.1, -0.05) is 20.8 Å². The number of hydrogen-bond donors (Lipinski definition) is 1. The summed E-state index contributed by atoms with van der Waals surface area (Å²) in [7, 11) is 0. The molecule has 1 aliphatic heterocycles. The SMILES string of the molecule is C[C@@H]1C[C@H](C)NC(=O)CC1(C)C. The van der Waals surface area contributed by atoms with Crippen molar-refractivity contribution in [2.24, 2.45) is 11.3 Å². The van der Waals surface area contributed by atoms with Crippen LogP contribution in [0.2, 0.25) is 0 Å². The molecule has 70 valence electrons. The van der Waals surface area contributed by atoms with E-state index in [1.165, 1.54) is 0 Å². The molecule has 0 bridgehead atoms. The van der Waals surface area contributed by atoms with Crippen molar-refractivity contribution in [2.75, 3.05) is 0 Å². The Morgan fingerprint density at radius 1 is 1.42 bits per heavy atom. The van der Waals surface area contributed by atoms with Crippen molar-refractivity contribution in [3.05, 3.63) is 0 Å². The molecular formula is C10H19NO. The summed E-state index contributed by atoms with van der Waals surface area (Å²) in [6, 6.07) is 0.342. The van der Waals surface area contributed by atoms with Gasteiger partial charge in [0, 0.05) is 12.5 Å². The molecule has 2 heteroatoms. The zero-order valence-corrected chi connectivity index (χ0v) is 8.48. The minimum atomic E-state index is 0.162. The maximum absolute atomic E-state index is 11.3. The lowest BCUT2D eigenvalue weighted by Crippen LogP contribution is -2.30. The Balaban J connectivity index is 2.75. The lowest BCUT2D eigenvalue weighted by Gasteiger charge is -2.28. The predicted molar refractivity (Wildman–Crippen MR) is 49.8 cm³/mol. The van der Waals surface area contributed by atoms with Crippen LogP contribution in [-0.4, -0.2) is 11.9 Å². The van der Waals surface area contributed by atoms with E-state index in [1.807, 2.05) is 0 Å².